The van der Waals surface area contributed by atoms with E-state index in [1.165, 1.54) is 18.6 Å². The van der Waals surface area contributed by atoms with E-state index in [0.29, 0.717) is 12.4 Å². The van der Waals surface area contributed by atoms with Gasteiger partial charge in [-0.3, -0.25) is 5.84 Å². The van der Waals surface area contributed by atoms with E-state index < -0.39 is 10.0 Å². The van der Waals surface area contributed by atoms with Crippen molar-refractivity contribution in [2.24, 2.45) is 5.84 Å². The normalized spacial score (nSPS) is 11.5. The smallest absolute Gasteiger partial charge is 0.260 e. The van der Waals surface area contributed by atoms with Crippen molar-refractivity contribution in [3.8, 4) is 0 Å². The highest BCUT2D eigenvalue weighted by Crippen LogP contribution is 2.16. The second-order valence-corrected chi connectivity index (χ2v) is 5.54. The van der Waals surface area contributed by atoms with Crippen LogP contribution in [0.25, 0.3) is 0 Å². The molecule has 0 amide bonds. The fourth-order valence-corrected chi connectivity index (χ4v) is 2.69. The number of sulfonamides is 1. The van der Waals surface area contributed by atoms with Gasteiger partial charge in [-0.2, -0.15) is 0 Å². The molecule has 0 aliphatic rings. The molecule has 0 bridgehead atoms. The van der Waals surface area contributed by atoms with Gasteiger partial charge in [0.25, 0.3) is 10.0 Å². The molecule has 0 aliphatic carbocycles. The predicted molar refractivity (Wildman–Crippen MR) is 71.8 cm³/mol. The first kappa shape index (κ1) is 14.4. The summed E-state index contributed by atoms with van der Waals surface area (Å²) >= 11 is 0. The third-order valence-electron chi connectivity index (χ3n) is 2.64. The van der Waals surface area contributed by atoms with Gasteiger partial charge >= 0.3 is 0 Å². The Balaban J connectivity index is 2.19. The molecule has 10 heteroatoms. The number of nitrogen functional groups attached to an aromatic ring is 1. The molecule has 0 radical (unpaired) electrons. The second kappa shape index (κ2) is 5.94. The van der Waals surface area contributed by atoms with Gasteiger partial charge in [0.1, 0.15) is 12.2 Å². The molecule has 0 aliphatic heterocycles. The number of nitrogens with two attached hydrogens (primary N) is 1. The highest BCUT2D eigenvalue weighted by Gasteiger charge is 2.20. The van der Waals surface area contributed by atoms with Crippen molar-refractivity contribution < 1.29 is 8.42 Å². The Morgan fingerprint density at radius 3 is 2.95 bits per heavy atom. The molecule has 0 atom stereocenters. The topological polar surface area (TPSA) is 128 Å². The lowest BCUT2D eigenvalue weighted by Crippen LogP contribution is -2.27. The molecule has 0 saturated carbocycles. The van der Waals surface area contributed by atoms with E-state index in [-0.39, 0.29) is 17.3 Å². The Hall–Kier alpha value is -2.04. The van der Waals surface area contributed by atoms with Gasteiger partial charge < -0.3 is 9.99 Å². The first-order valence-corrected chi connectivity index (χ1v) is 7.34. The van der Waals surface area contributed by atoms with Crippen molar-refractivity contribution in [2.75, 3.05) is 5.43 Å². The summed E-state index contributed by atoms with van der Waals surface area (Å²) in [5.74, 6) is 5.80. The minimum Gasteiger partial charge on any atom is -0.321 e. The van der Waals surface area contributed by atoms with Gasteiger partial charge in [0.15, 0.2) is 5.03 Å². The summed E-state index contributed by atoms with van der Waals surface area (Å²) < 4.78 is 28.5. The van der Waals surface area contributed by atoms with E-state index in [0.717, 1.165) is 0 Å². The number of aryl methyl sites for hydroxylation is 1. The molecule has 0 spiro atoms. The maximum Gasteiger partial charge on any atom is 0.260 e. The van der Waals surface area contributed by atoms with Crippen LogP contribution in [0.4, 0.5) is 5.69 Å². The maximum absolute atomic E-state index is 12.2. The molecule has 2 rings (SSSR count). The standard InChI is InChI=1S/C10H15N7O2S/c1-2-17-7-13-16-9(17)6-14-20(18,19)10-8(15-11)4-3-5-12-10/h3-5,7,14-15H,2,6,11H2,1H3. The summed E-state index contributed by atoms with van der Waals surface area (Å²) in [6.07, 6.45) is 2.92. The van der Waals surface area contributed by atoms with Crippen molar-refractivity contribution in [1.29, 1.82) is 0 Å². The number of hydrazine groups is 1. The lowest BCUT2D eigenvalue weighted by Gasteiger charge is -2.09. The lowest BCUT2D eigenvalue weighted by molar-refractivity contribution is 0.572. The molecule has 9 nitrogen and oxygen atoms in total. The molecule has 20 heavy (non-hydrogen) atoms. The average molecular weight is 297 g/mol. The van der Waals surface area contributed by atoms with E-state index in [1.807, 2.05) is 6.92 Å². The number of pyridine rings is 1. The van der Waals surface area contributed by atoms with Crippen molar-refractivity contribution in [3.05, 3.63) is 30.5 Å². The van der Waals surface area contributed by atoms with Gasteiger partial charge in [-0.1, -0.05) is 0 Å². The SMILES string of the molecule is CCn1cnnc1CNS(=O)(=O)c1ncccc1NN. The summed E-state index contributed by atoms with van der Waals surface area (Å²) in [4.78, 5) is 3.83. The number of nitrogens with zero attached hydrogens (tertiary/aromatic N) is 4. The van der Waals surface area contributed by atoms with E-state index in [2.05, 4.69) is 25.3 Å². The van der Waals surface area contributed by atoms with Gasteiger partial charge in [0.05, 0.1) is 12.2 Å². The quantitative estimate of drug-likeness (QED) is 0.482. The number of hydrogen-bond acceptors (Lipinski definition) is 7. The Kier molecular flexibility index (Phi) is 4.27. The van der Waals surface area contributed by atoms with Crippen LogP contribution in [0.15, 0.2) is 29.7 Å². The van der Waals surface area contributed by atoms with Crippen LogP contribution in [0.2, 0.25) is 0 Å². The number of nitrogens with one attached hydrogen (secondary N) is 2. The number of rotatable bonds is 6. The molecule has 108 valence electrons. The average Bonchev–Trinajstić information content (AvgIpc) is 2.92. The summed E-state index contributed by atoms with van der Waals surface area (Å²) in [5.41, 5.74) is 2.52. The summed E-state index contributed by atoms with van der Waals surface area (Å²) in [7, 11) is -3.79. The number of anilines is 1. The summed E-state index contributed by atoms with van der Waals surface area (Å²) in [6, 6.07) is 3.11. The highest BCUT2D eigenvalue weighted by atomic mass is 32.2. The summed E-state index contributed by atoms with van der Waals surface area (Å²) in [5, 5.41) is 7.42. The van der Waals surface area contributed by atoms with Crippen LogP contribution in [-0.2, 0) is 23.1 Å². The fourth-order valence-electron chi connectivity index (χ4n) is 1.62. The van der Waals surface area contributed by atoms with Crippen molar-refractivity contribution >= 4 is 15.7 Å². The van der Waals surface area contributed by atoms with Crippen molar-refractivity contribution in [2.45, 2.75) is 25.0 Å². The lowest BCUT2D eigenvalue weighted by atomic mass is 10.4. The third-order valence-corrected chi connectivity index (χ3v) is 4.00. The van der Waals surface area contributed by atoms with Crippen LogP contribution in [0, 0.1) is 0 Å². The largest absolute Gasteiger partial charge is 0.321 e. The van der Waals surface area contributed by atoms with E-state index >= 15 is 0 Å². The molecule has 0 unspecified atom stereocenters. The minimum atomic E-state index is -3.79. The second-order valence-electron chi connectivity index (χ2n) is 3.86. The predicted octanol–water partition coefficient (Wildman–Crippen LogP) is -0.543. The molecule has 0 aromatic carbocycles. The summed E-state index contributed by atoms with van der Waals surface area (Å²) in [6.45, 7) is 2.59. The third kappa shape index (κ3) is 2.92. The van der Waals surface area contributed by atoms with E-state index in [4.69, 9.17) is 5.84 Å². The van der Waals surface area contributed by atoms with Crippen LogP contribution in [0.5, 0.6) is 0 Å². The number of hydrogen-bond donors (Lipinski definition) is 3. The molecule has 0 saturated heterocycles. The van der Waals surface area contributed by atoms with Crippen LogP contribution >= 0.6 is 0 Å². The highest BCUT2D eigenvalue weighted by molar-refractivity contribution is 7.89. The van der Waals surface area contributed by atoms with E-state index in [1.54, 1.807) is 10.6 Å². The van der Waals surface area contributed by atoms with Crippen molar-refractivity contribution in [1.82, 2.24) is 24.5 Å². The minimum absolute atomic E-state index is 0.0246. The van der Waals surface area contributed by atoms with Gasteiger partial charge in [-0.25, -0.2) is 18.1 Å². The zero-order valence-electron chi connectivity index (χ0n) is 10.8. The van der Waals surface area contributed by atoms with Gasteiger partial charge in [0.2, 0.25) is 0 Å². The van der Waals surface area contributed by atoms with Crippen LogP contribution in [0.1, 0.15) is 12.7 Å². The molecule has 2 aromatic heterocycles. The van der Waals surface area contributed by atoms with Crippen LogP contribution in [-0.4, -0.2) is 28.2 Å². The molecular formula is C10H15N7O2S. The Labute approximate surface area is 116 Å². The molecule has 2 heterocycles. The number of aromatic nitrogens is 4. The molecular weight excluding hydrogens is 282 g/mol. The van der Waals surface area contributed by atoms with Crippen LogP contribution < -0.4 is 16.0 Å². The van der Waals surface area contributed by atoms with E-state index in [9.17, 15) is 8.42 Å². The first-order valence-electron chi connectivity index (χ1n) is 5.86. The Bertz CT molecular complexity index is 682. The molecule has 2 aromatic rings. The zero-order valence-corrected chi connectivity index (χ0v) is 11.6. The fraction of sp³-hybridized carbons (Fsp3) is 0.300. The van der Waals surface area contributed by atoms with Crippen molar-refractivity contribution in [3.63, 3.8) is 0 Å². The van der Waals surface area contributed by atoms with Gasteiger partial charge in [-0.15, -0.1) is 10.2 Å². The maximum atomic E-state index is 12.2. The molecule has 0 fully saturated rings. The van der Waals surface area contributed by atoms with Crippen LogP contribution in [0.3, 0.4) is 0 Å². The Morgan fingerprint density at radius 2 is 2.25 bits per heavy atom. The Morgan fingerprint density at radius 1 is 1.45 bits per heavy atom. The van der Waals surface area contributed by atoms with Gasteiger partial charge in [-0.05, 0) is 19.1 Å². The zero-order chi connectivity index (χ0) is 14.6. The molecule has 4 N–H and O–H groups in total. The monoisotopic (exact) mass is 297 g/mol. The van der Waals surface area contributed by atoms with Gasteiger partial charge in [0, 0.05) is 12.7 Å². The first-order chi connectivity index (χ1) is 9.58.